The van der Waals surface area contributed by atoms with E-state index in [0.717, 1.165) is 5.56 Å². The molecule has 0 saturated carbocycles. The molecule has 0 aliphatic carbocycles. The van der Waals surface area contributed by atoms with Crippen LogP contribution in [0, 0.1) is 0 Å². The Hall–Kier alpha value is -3.55. The second kappa shape index (κ2) is 7.14. The van der Waals surface area contributed by atoms with E-state index in [1.54, 1.807) is 48.5 Å². The molecular formula is C16H14N6O2. The highest BCUT2D eigenvalue weighted by atomic mass is 16.2. The minimum atomic E-state index is -0.313. The number of anilines is 1. The summed E-state index contributed by atoms with van der Waals surface area (Å²) in [6, 6.07) is 15.7. The van der Waals surface area contributed by atoms with Gasteiger partial charge in [0.05, 0.1) is 6.54 Å². The van der Waals surface area contributed by atoms with Gasteiger partial charge in [-0.05, 0) is 41.6 Å². The minimum absolute atomic E-state index is 0.111. The highest BCUT2D eigenvalue weighted by molar-refractivity contribution is 5.99. The highest BCUT2D eigenvalue weighted by Crippen LogP contribution is 2.16. The number of aromatic nitrogens is 4. The Morgan fingerprint density at radius 2 is 1.75 bits per heavy atom. The van der Waals surface area contributed by atoms with Gasteiger partial charge in [-0.2, -0.15) is 5.21 Å². The lowest BCUT2D eigenvalue weighted by atomic mass is 10.2. The van der Waals surface area contributed by atoms with Gasteiger partial charge in [0.15, 0.2) is 0 Å². The Kier molecular flexibility index (Phi) is 4.57. The van der Waals surface area contributed by atoms with E-state index in [0.29, 0.717) is 17.1 Å². The molecule has 3 rings (SSSR count). The molecule has 3 aromatic rings. The Morgan fingerprint density at radius 1 is 1.00 bits per heavy atom. The number of carbonyl (C=O) groups excluding carboxylic acids is 2. The van der Waals surface area contributed by atoms with Gasteiger partial charge in [-0.3, -0.25) is 9.59 Å². The van der Waals surface area contributed by atoms with Gasteiger partial charge >= 0.3 is 0 Å². The van der Waals surface area contributed by atoms with Crippen LogP contribution < -0.4 is 10.6 Å². The van der Waals surface area contributed by atoms with Crippen molar-refractivity contribution in [3.63, 3.8) is 0 Å². The second-order valence-electron chi connectivity index (χ2n) is 4.91. The van der Waals surface area contributed by atoms with Crippen molar-refractivity contribution in [3.8, 4) is 11.4 Å². The van der Waals surface area contributed by atoms with E-state index in [1.165, 1.54) is 0 Å². The van der Waals surface area contributed by atoms with Gasteiger partial charge < -0.3 is 10.6 Å². The van der Waals surface area contributed by atoms with Crippen LogP contribution in [0.1, 0.15) is 10.4 Å². The first-order valence-electron chi connectivity index (χ1n) is 7.19. The number of hydrogen-bond donors (Lipinski definition) is 3. The molecule has 1 heterocycles. The standard InChI is InChI=1S/C16H14N6O2/c23-14(10-17-16(24)12-4-2-1-3-5-12)18-13-8-6-11(7-9-13)15-19-21-22-20-15/h1-9H,10H2,(H,17,24)(H,18,23)(H,19,20,21,22). The van der Waals surface area contributed by atoms with Gasteiger partial charge in [0, 0.05) is 16.8 Å². The fraction of sp³-hybridized carbons (Fsp3) is 0.0625. The summed E-state index contributed by atoms with van der Waals surface area (Å²) < 4.78 is 0. The third kappa shape index (κ3) is 3.80. The molecule has 0 saturated heterocycles. The van der Waals surface area contributed by atoms with E-state index < -0.39 is 0 Å². The maximum absolute atomic E-state index is 11.9. The van der Waals surface area contributed by atoms with E-state index in [-0.39, 0.29) is 18.4 Å². The van der Waals surface area contributed by atoms with Gasteiger partial charge in [-0.1, -0.05) is 18.2 Å². The average molecular weight is 322 g/mol. The molecule has 0 bridgehead atoms. The first kappa shape index (κ1) is 15.3. The molecule has 0 radical (unpaired) electrons. The van der Waals surface area contributed by atoms with E-state index in [4.69, 9.17) is 0 Å². The fourth-order valence-corrected chi connectivity index (χ4v) is 2.04. The number of tetrazole rings is 1. The van der Waals surface area contributed by atoms with Crippen molar-refractivity contribution in [2.24, 2.45) is 0 Å². The first-order valence-corrected chi connectivity index (χ1v) is 7.19. The molecule has 0 aliphatic rings. The molecule has 120 valence electrons. The van der Waals surface area contributed by atoms with Crippen molar-refractivity contribution in [1.29, 1.82) is 0 Å². The van der Waals surface area contributed by atoms with Gasteiger partial charge in [0.1, 0.15) is 0 Å². The van der Waals surface area contributed by atoms with Crippen LogP contribution in [0.25, 0.3) is 11.4 Å². The van der Waals surface area contributed by atoms with Crippen molar-refractivity contribution in [1.82, 2.24) is 25.9 Å². The van der Waals surface area contributed by atoms with E-state index >= 15 is 0 Å². The van der Waals surface area contributed by atoms with Gasteiger partial charge in [0.25, 0.3) is 5.91 Å². The molecular weight excluding hydrogens is 308 g/mol. The number of carbonyl (C=O) groups is 2. The maximum Gasteiger partial charge on any atom is 0.251 e. The summed E-state index contributed by atoms with van der Waals surface area (Å²) in [4.78, 5) is 23.8. The first-order chi connectivity index (χ1) is 11.7. The van der Waals surface area contributed by atoms with Crippen LogP contribution in [0.5, 0.6) is 0 Å². The number of benzene rings is 2. The van der Waals surface area contributed by atoms with E-state index in [2.05, 4.69) is 31.3 Å². The van der Waals surface area contributed by atoms with Crippen LogP contribution in [0.2, 0.25) is 0 Å². The number of aromatic amines is 1. The van der Waals surface area contributed by atoms with E-state index in [1.807, 2.05) is 6.07 Å². The molecule has 8 nitrogen and oxygen atoms in total. The summed E-state index contributed by atoms with van der Waals surface area (Å²) in [5.41, 5.74) is 1.90. The van der Waals surface area contributed by atoms with Gasteiger partial charge in [-0.25, -0.2) is 0 Å². The normalized spacial score (nSPS) is 10.2. The maximum atomic E-state index is 11.9. The van der Waals surface area contributed by atoms with Crippen molar-refractivity contribution < 1.29 is 9.59 Å². The summed E-state index contributed by atoms with van der Waals surface area (Å²) in [5.74, 6) is -0.132. The van der Waals surface area contributed by atoms with E-state index in [9.17, 15) is 9.59 Å². The Bertz CT molecular complexity index is 816. The SMILES string of the molecule is O=C(CNC(=O)c1ccccc1)Nc1ccc(-c2nn[nH]n2)cc1. The second-order valence-corrected chi connectivity index (χ2v) is 4.91. The highest BCUT2D eigenvalue weighted by Gasteiger charge is 2.08. The number of nitrogens with zero attached hydrogens (tertiary/aromatic N) is 3. The predicted molar refractivity (Wildman–Crippen MR) is 87.0 cm³/mol. The lowest BCUT2D eigenvalue weighted by Crippen LogP contribution is -2.32. The summed E-state index contributed by atoms with van der Waals surface area (Å²) >= 11 is 0. The van der Waals surface area contributed by atoms with Crippen molar-refractivity contribution in [2.75, 3.05) is 11.9 Å². The smallest absolute Gasteiger partial charge is 0.251 e. The molecule has 0 fully saturated rings. The van der Waals surface area contributed by atoms with Crippen LogP contribution in [-0.4, -0.2) is 39.0 Å². The molecule has 2 amide bonds. The largest absolute Gasteiger partial charge is 0.343 e. The summed E-state index contributed by atoms with van der Waals surface area (Å²) in [7, 11) is 0. The topological polar surface area (TPSA) is 113 Å². The van der Waals surface area contributed by atoms with Crippen LogP contribution in [0.3, 0.4) is 0 Å². The predicted octanol–water partition coefficient (Wildman–Crippen LogP) is 1.24. The number of amides is 2. The number of rotatable bonds is 5. The third-order valence-corrected chi connectivity index (χ3v) is 3.22. The summed E-state index contributed by atoms with van der Waals surface area (Å²) in [6.45, 7) is -0.111. The molecule has 0 atom stereocenters. The van der Waals surface area contributed by atoms with Crippen LogP contribution >= 0.6 is 0 Å². The summed E-state index contributed by atoms with van der Waals surface area (Å²) in [5, 5.41) is 18.9. The van der Waals surface area contributed by atoms with Gasteiger partial charge in [0.2, 0.25) is 11.7 Å². The number of H-pyrrole nitrogens is 1. The lowest BCUT2D eigenvalue weighted by molar-refractivity contribution is -0.115. The Morgan fingerprint density at radius 3 is 2.42 bits per heavy atom. The van der Waals surface area contributed by atoms with Crippen molar-refractivity contribution in [3.05, 3.63) is 60.2 Å². The quantitative estimate of drug-likeness (QED) is 0.654. The zero-order valence-electron chi connectivity index (χ0n) is 12.6. The van der Waals surface area contributed by atoms with Crippen LogP contribution in [0.15, 0.2) is 54.6 Å². The minimum Gasteiger partial charge on any atom is -0.343 e. The molecule has 8 heteroatoms. The summed E-state index contributed by atoms with van der Waals surface area (Å²) in [6.07, 6.45) is 0. The zero-order valence-corrected chi connectivity index (χ0v) is 12.6. The molecule has 0 spiro atoms. The number of hydrogen-bond acceptors (Lipinski definition) is 5. The van der Waals surface area contributed by atoms with Crippen LogP contribution in [-0.2, 0) is 4.79 Å². The van der Waals surface area contributed by atoms with Crippen molar-refractivity contribution >= 4 is 17.5 Å². The van der Waals surface area contributed by atoms with Gasteiger partial charge in [-0.15, -0.1) is 10.2 Å². The van der Waals surface area contributed by atoms with Crippen molar-refractivity contribution in [2.45, 2.75) is 0 Å². The molecule has 24 heavy (non-hydrogen) atoms. The monoisotopic (exact) mass is 322 g/mol. The molecule has 2 aromatic carbocycles. The molecule has 1 aromatic heterocycles. The molecule has 0 aliphatic heterocycles. The Balaban J connectivity index is 1.52. The molecule has 3 N–H and O–H groups in total. The molecule has 0 unspecified atom stereocenters. The van der Waals surface area contributed by atoms with Crippen LogP contribution in [0.4, 0.5) is 5.69 Å². The number of nitrogens with one attached hydrogen (secondary N) is 3. The lowest BCUT2D eigenvalue weighted by Gasteiger charge is -2.07. The Labute approximate surface area is 137 Å². The average Bonchev–Trinajstić information content (AvgIpc) is 3.16. The third-order valence-electron chi connectivity index (χ3n) is 3.22. The fourth-order valence-electron chi connectivity index (χ4n) is 2.04. The zero-order chi connectivity index (χ0) is 16.8.